The Bertz CT molecular complexity index is 505. The Labute approximate surface area is 112 Å². The summed E-state index contributed by atoms with van der Waals surface area (Å²) < 4.78 is 25.5. The molecule has 0 aromatic heterocycles. The van der Waals surface area contributed by atoms with E-state index in [9.17, 15) is 8.78 Å². The molecule has 0 aliphatic rings. The number of nitrogens with one attached hydrogen (secondary N) is 1. The second-order valence-corrected chi connectivity index (χ2v) is 4.60. The minimum absolute atomic E-state index is 0.168. The summed E-state index contributed by atoms with van der Waals surface area (Å²) in [6.07, 6.45) is 0.839. The van der Waals surface area contributed by atoms with Crippen molar-refractivity contribution in [1.29, 1.82) is 0 Å². The van der Waals surface area contributed by atoms with Crippen LogP contribution in [0, 0.1) is 11.6 Å². The average molecular weight is 261 g/mol. The van der Waals surface area contributed by atoms with Gasteiger partial charge in [-0.05, 0) is 55.3 Å². The largest absolute Gasteiger partial charge is 0.310 e. The lowest BCUT2D eigenvalue weighted by Crippen LogP contribution is -2.21. The van der Waals surface area contributed by atoms with Crippen molar-refractivity contribution in [3.8, 4) is 0 Å². The van der Waals surface area contributed by atoms with Crippen molar-refractivity contribution >= 4 is 0 Å². The van der Waals surface area contributed by atoms with Gasteiger partial charge in [0.2, 0.25) is 0 Å². The van der Waals surface area contributed by atoms with Crippen LogP contribution in [-0.4, -0.2) is 6.54 Å². The quantitative estimate of drug-likeness (QED) is 0.861. The lowest BCUT2D eigenvalue weighted by molar-refractivity contribution is 0.572. The Morgan fingerprint density at radius 3 is 2.00 bits per heavy atom. The molecule has 0 saturated carbocycles. The Morgan fingerprint density at radius 1 is 0.895 bits per heavy atom. The van der Waals surface area contributed by atoms with Crippen molar-refractivity contribution in [3.05, 3.63) is 71.3 Å². The molecule has 1 unspecified atom stereocenters. The first kappa shape index (κ1) is 13.7. The fraction of sp³-hybridized carbons (Fsp3) is 0.250. The van der Waals surface area contributed by atoms with Crippen molar-refractivity contribution in [2.45, 2.75) is 19.4 Å². The van der Waals surface area contributed by atoms with E-state index >= 15 is 0 Å². The van der Waals surface area contributed by atoms with Crippen LogP contribution in [0.2, 0.25) is 0 Å². The maximum Gasteiger partial charge on any atom is 0.123 e. The van der Waals surface area contributed by atoms with E-state index < -0.39 is 0 Å². The van der Waals surface area contributed by atoms with Gasteiger partial charge in [0, 0.05) is 6.04 Å². The van der Waals surface area contributed by atoms with E-state index in [2.05, 4.69) is 5.32 Å². The van der Waals surface area contributed by atoms with Gasteiger partial charge in [0.25, 0.3) is 0 Å². The molecule has 2 rings (SSSR count). The van der Waals surface area contributed by atoms with E-state index in [1.165, 1.54) is 24.3 Å². The lowest BCUT2D eigenvalue weighted by Gasteiger charge is -2.14. The van der Waals surface area contributed by atoms with Crippen molar-refractivity contribution in [3.63, 3.8) is 0 Å². The summed E-state index contributed by atoms with van der Waals surface area (Å²) in [7, 11) is 0. The molecule has 0 amide bonds. The molecule has 0 fully saturated rings. The van der Waals surface area contributed by atoms with Crippen molar-refractivity contribution in [2.75, 3.05) is 6.54 Å². The summed E-state index contributed by atoms with van der Waals surface area (Å²) in [6.45, 7) is 2.84. The predicted molar refractivity (Wildman–Crippen MR) is 72.9 cm³/mol. The van der Waals surface area contributed by atoms with Crippen molar-refractivity contribution in [1.82, 2.24) is 5.32 Å². The fourth-order valence-corrected chi connectivity index (χ4v) is 1.95. The molecule has 1 atom stereocenters. The highest BCUT2D eigenvalue weighted by Gasteiger charge is 2.04. The van der Waals surface area contributed by atoms with Crippen LogP contribution in [-0.2, 0) is 6.42 Å². The molecule has 1 N–H and O–H groups in total. The topological polar surface area (TPSA) is 12.0 Å². The summed E-state index contributed by atoms with van der Waals surface area (Å²) in [6, 6.07) is 13.2. The van der Waals surface area contributed by atoms with E-state index in [4.69, 9.17) is 0 Å². The second kappa shape index (κ2) is 6.43. The summed E-state index contributed by atoms with van der Waals surface area (Å²) in [5.41, 5.74) is 2.15. The van der Waals surface area contributed by atoms with Gasteiger partial charge in [-0.25, -0.2) is 8.78 Å². The standard InChI is InChI=1S/C16H17F2N/c1-12(14-4-8-16(18)9-5-14)19-11-10-13-2-6-15(17)7-3-13/h2-9,12,19H,10-11H2,1H3. The van der Waals surface area contributed by atoms with Crippen LogP contribution >= 0.6 is 0 Å². The smallest absolute Gasteiger partial charge is 0.123 e. The van der Waals surface area contributed by atoms with Crippen LogP contribution < -0.4 is 5.32 Å². The maximum atomic E-state index is 12.8. The minimum atomic E-state index is -0.220. The van der Waals surface area contributed by atoms with Crippen LogP contribution in [0.1, 0.15) is 24.1 Å². The summed E-state index contributed by atoms with van der Waals surface area (Å²) in [5.74, 6) is -0.432. The van der Waals surface area contributed by atoms with Gasteiger partial charge in [-0.1, -0.05) is 24.3 Å². The summed E-state index contributed by atoms with van der Waals surface area (Å²) >= 11 is 0. The van der Waals surface area contributed by atoms with Crippen LogP contribution in [0.15, 0.2) is 48.5 Å². The van der Waals surface area contributed by atoms with Crippen LogP contribution in [0.25, 0.3) is 0 Å². The molecular formula is C16H17F2N. The van der Waals surface area contributed by atoms with E-state index in [-0.39, 0.29) is 17.7 Å². The average Bonchev–Trinajstić information content (AvgIpc) is 2.41. The molecule has 0 radical (unpaired) electrons. The van der Waals surface area contributed by atoms with E-state index in [0.717, 1.165) is 24.1 Å². The molecule has 0 aliphatic heterocycles. The molecule has 1 nitrogen and oxygen atoms in total. The van der Waals surface area contributed by atoms with E-state index in [1.807, 2.05) is 6.92 Å². The molecule has 100 valence electrons. The van der Waals surface area contributed by atoms with E-state index in [0.29, 0.717) is 0 Å². The molecule has 0 saturated heterocycles. The third-order valence-corrected chi connectivity index (χ3v) is 3.15. The second-order valence-electron chi connectivity index (χ2n) is 4.60. The highest BCUT2D eigenvalue weighted by Crippen LogP contribution is 2.12. The van der Waals surface area contributed by atoms with Crippen LogP contribution in [0.5, 0.6) is 0 Å². The zero-order chi connectivity index (χ0) is 13.7. The Morgan fingerprint density at radius 2 is 1.42 bits per heavy atom. The maximum absolute atomic E-state index is 12.8. The predicted octanol–water partition coefficient (Wildman–Crippen LogP) is 3.86. The van der Waals surface area contributed by atoms with Gasteiger partial charge in [-0.2, -0.15) is 0 Å². The number of hydrogen-bond donors (Lipinski definition) is 1. The first-order valence-electron chi connectivity index (χ1n) is 6.38. The molecular weight excluding hydrogens is 244 g/mol. The zero-order valence-electron chi connectivity index (χ0n) is 10.9. The first-order chi connectivity index (χ1) is 9.15. The van der Waals surface area contributed by atoms with Gasteiger partial charge in [0.1, 0.15) is 11.6 Å². The molecule has 3 heteroatoms. The number of benzene rings is 2. The van der Waals surface area contributed by atoms with Gasteiger partial charge < -0.3 is 5.32 Å². The fourth-order valence-electron chi connectivity index (χ4n) is 1.95. The summed E-state index contributed by atoms with van der Waals surface area (Å²) in [5, 5.41) is 3.37. The van der Waals surface area contributed by atoms with Gasteiger partial charge in [0.05, 0.1) is 0 Å². The SMILES string of the molecule is CC(NCCc1ccc(F)cc1)c1ccc(F)cc1. The zero-order valence-corrected chi connectivity index (χ0v) is 10.9. The third-order valence-electron chi connectivity index (χ3n) is 3.15. The first-order valence-corrected chi connectivity index (χ1v) is 6.38. The molecule has 2 aromatic carbocycles. The van der Waals surface area contributed by atoms with E-state index in [1.54, 1.807) is 24.3 Å². The number of hydrogen-bond acceptors (Lipinski definition) is 1. The minimum Gasteiger partial charge on any atom is -0.310 e. The lowest BCUT2D eigenvalue weighted by atomic mass is 10.1. The van der Waals surface area contributed by atoms with Gasteiger partial charge >= 0.3 is 0 Å². The molecule has 2 aromatic rings. The summed E-state index contributed by atoms with van der Waals surface area (Å²) in [4.78, 5) is 0. The normalized spacial score (nSPS) is 12.4. The van der Waals surface area contributed by atoms with Gasteiger partial charge in [-0.3, -0.25) is 0 Å². The van der Waals surface area contributed by atoms with Crippen molar-refractivity contribution < 1.29 is 8.78 Å². The van der Waals surface area contributed by atoms with Gasteiger partial charge in [-0.15, -0.1) is 0 Å². The Hall–Kier alpha value is -1.74. The molecule has 0 heterocycles. The van der Waals surface area contributed by atoms with Crippen LogP contribution in [0.4, 0.5) is 8.78 Å². The van der Waals surface area contributed by atoms with Crippen LogP contribution in [0.3, 0.4) is 0 Å². The Balaban J connectivity index is 1.82. The highest BCUT2D eigenvalue weighted by atomic mass is 19.1. The number of halogens is 2. The molecule has 19 heavy (non-hydrogen) atoms. The van der Waals surface area contributed by atoms with Gasteiger partial charge in [0.15, 0.2) is 0 Å². The molecule has 0 aliphatic carbocycles. The molecule has 0 spiro atoms. The number of rotatable bonds is 5. The Kier molecular flexibility index (Phi) is 4.63. The molecule has 0 bridgehead atoms. The monoisotopic (exact) mass is 261 g/mol. The highest BCUT2D eigenvalue weighted by molar-refractivity contribution is 5.20. The third kappa shape index (κ3) is 4.14. The van der Waals surface area contributed by atoms with Crippen molar-refractivity contribution in [2.24, 2.45) is 0 Å².